The summed E-state index contributed by atoms with van der Waals surface area (Å²) >= 11 is 0. The van der Waals surface area contributed by atoms with Gasteiger partial charge in [0.1, 0.15) is 0 Å². The van der Waals surface area contributed by atoms with E-state index in [9.17, 15) is 10.1 Å². The zero-order chi connectivity index (χ0) is 17.3. The van der Waals surface area contributed by atoms with Crippen molar-refractivity contribution in [1.29, 1.82) is 0 Å². The van der Waals surface area contributed by atoms with E-state index in [4.69, 9.17) is 9.31 Å². The van der Waals surface area contributed by atoms with Gasteiger partial charge in [-0.3, -0.25) is 10.1 Å². The predicted molar refractivity (Wildman–Crippen MR) is 93.2 cm³/mol. The Bertz CT molecular complexity index is 745. The van der Waals surface area contributed by atoms with Crippen molar-refractivity contribution in [3.63, 3.8) is 0 Å². The monoisotopic (exact) mass is 325 g/mol. The number of nitro benzene ring substituents is 1. The van der Waals surface area contributed by atoms with E-state index in [0.29, 0.717) is 12.2 Å². The number of benzene rings is 2. The van der Waals surface area contributed by atoms with Crippen LogP contribution in [-0.2, 0) is 9.31 Å². The van der Waals surface area contributed by atoms with E-state index in [1.807, 2.05) is 45.0 Å². The summed E-state index contributed by atoms with van der Waals surface area (Å²) in [7, 11) is -0.525. The smallest absolute Gasteiger partial charge is 0.407 e. The Balaban J connectivity index is 1.96. The van der Waals surface area contributed by atoms with Crippen molar-refractivity contribution in [2.75, 3.05) is 6.61 Å². The van der Waals surface area contributed by atoms with Crippen LogP contribution in [0.2, 0.25) is 0 Å². The largest absolute Gasteiger partial charge is 0.494 e. The zero-order valence-corrected chi connectivity index (χ0v) is 14.1. The molecule has 1 unspecified atom stereocenters. The molecule has 1 atom stereocenters. The van der Waals surface area contributed by atoms with Gasteiger partial charge in [-0.2, -0.15) is 0 Å². The van der Waals surface area contributed by atoms with Crippen molar-refractivity contribution < 1.29 is 14.2 Å². The highest BCUT2D eigenvalue weighted by molar-refractivity contribution is 6.61. The Morgan fingerprint density at radius 1 is 1.17 bits per heavy atom. The molecular formula is C18H20BNO4. The lowest BCUT2D eigenvalue weighted by Gasteiger charge is -2.41. The van der Waals surface area contributed by atoms with Gasteiger partial charge in [-0.1, -0.05) is 55.8 Å². The Kier molecular flexibility index (Phi) is 4.43. The molecule has 1 heterocycles. The van der Waals surface area contributed by atoms with E-state index < -0.39 is 13.2 Å². The van der Waals surface area contributed by atoms with Gasteiger partial charge in [0, 0.05) is 18.1 Å². The van der Waals surface area contributed by atoms with Gasteiger partial charge in [-0.05, 0) is 18.5 Å². The van der Waals surface area contributed by atoms with Crippen molar-refractivity contribution in [3.8, 4) is 0 Å². The minimum atomic E-state index is -0.525. The van der Waals surface area contributed by atoms with Gasteiger partial charge in [0.15, 0.2) is 0 Å². The number of hydrogen-bond donors (Lipinski definition) is 0. The third-order valence-corrected chi connectivity index (χ3v) is 4.34. The molecule has 2 aromatic rings. The molecule has 1 aliphatic rings. The molecule has 0 spiro atoms. The number of nitro groups is 1. The zero-order valence-electron chi connectivity index (χ0n) is 14.1. The number of aryl methyl sites for hydroxylation is 1. The molecule has 0 bridgehead atoms. The van der Waals surface area contributed by atoms with Crippen molar-refractivity contribution in [1.82, 2.24) is 0 Å². The summed E-state index contributed by atoms with van der Waals surface area (Å²) in [5.74, 6) is 0. The van der Waals surface area contributed by atoms with Crippen molar-refractivity contribution in [2.24, 2.45) is 5.41 Å². The molecule has 124 valence electrons. The second-order valence-electron chi connectivity index (χ2n) is 6.87. The summed E-state index contributed by atoms with van der Waals surface area (Å²) in [6, 6.07) is 14.7. The van der Waals surface area contributed by atoms with Gasteiger partial charge in [-0.15, -0.1) is 0 Å². The molecule has 3 rings (SSSR count). The lowest BCUT2D eigenvalue weighted by atomic mass is 9.72. The second-order valence-corrected chi connectivity index (χ2v) is 6.87. The molecule has 0 aliphatic carbocycles. The highest BCUT2D eigenvalue weighted by Gasteiger charge is 2.44. The molecular weight excluding hydrogens is 305 g/mol. The summed E-state index contributed by atoms with van der Waals surface area (Å²) in [4.78, 5) is 11.0. The van der Waals surface area contributed by atoms with E-state index in [1.54, 1.807) is 18.2 Å². The third kappa shape index (κ3) is 3.20. The lowest BCUT2D eigenvalue weighted by Crippen LogP contribution is -2.49. The van der Waals surface area contributed by atoms with Crippen LogP contribution in [0, 0.1) is 22.5 Å². The maximum absolute atomic E-state index is 11.4. The quantitative estimate of drug-likeness (QED) is 0.493. The average molecular weight is 325 g/mol. The standard InChI is InChI=1S/C18H20BNO4/c1-13-8-10-14(11-9-13)19-23-12-18(2,3)17(24-19)15-6-4-5-7-16(15)20(21)22/h4-11,17H,12H2,1-3H3. The van der Waals surface area contributed by atoms with Crippen LogP contribution < -0.4 is 5.46 Å². The highest BCUT2D eigenvalue weighted by Crippen LogP contribution is 2.43. The molecule has 24 heavy (non-hydrogen) atoms. The summed E-state index contributed by atoms with van der Waals surface area (Å²) < 4.78 is 12.1. The fraction of sp³-hybridized carbons (Fsp3) is 0.333. The predicted octanol–water partition coefficient (Wildman–Crippen LogP) is 3.41. The van der Waals surface area contributed by atoms with Crippen LogP contribution in [0.1, 0.15) is 31.1 Å². The highest BCUT2D eigenvalue weighted by atomic mass is 16.6. The van der Waals surface area contributed by atoms with E-state index in [1.165, 1.54) is 6.07 Å². The molecule has 0 amide bonds. The Morgan fingerprint density at radius 2 is 1.83 bits per heavy atom. The van der Waals surface area contributed by atoms with Crippen molar-refractivity contribution in [2.45, 2.75) is 26.9 Å². The third-order valence-electron chi connectivity index (χ3n) is 4.34. The first-order valence-corrected chi connectivity index (χ1v) is 7.95. The maximum Gasteiger partial charge on any atom is 0.494 e. The number of para-hydroxylation sites is 1. The van der Waals surface area contributed by atoms with Crippen LogP contribution in [0.15, 0.2) is 48.5 Å². The van der Waals surface area contributed by atoms with E-state index >= 15 is 0 Å². The van der Waals surface area contributed by atoms with Gasteiger partial charge < -0.3 is 9.31 Å². The molecule has 1 fully saturated rings. The van der Waals surface area contributed by atoms with E-state index in [2.05, 4.69) is 0 Å². The van der Waals surface area contributed by atoms with Crippen molar-refractivity contribution >= 4 is 18.3 Å². The second kappa shape index (κ2) is 6.38. The van der Waals surface area contributed by atoms with Gasteiger partial charge in [-0.25, -0.2) is 0 Å². The minimum absolute atomic E-state index is 0.0835. The average Bonchev–Trinajstić information content (AvgIpc) is 2.55. The molecule has 0 radical (unpaired) electrons. The summed E-state index contributed by atoms with van der Waals surface area (Å²) in [6.45, 7) is 6.48. The van der Waals surface area contributed by atoms with Crippen LogP contribution in [0.25, 0.3) is 0 Å². The molecule has 1 aliphatic heterocycles. The number of nitrogens with zero attached hydrogens (tertiary/aromatic N) is 1. The Morgan fingerprint density at radius 3 is 2.50 bits per heavy atom. The number of rotatable bonds is 3. The first-order valence-electron chi connectivity index (χ1n) is 7.95. The van der Waals surface area contributed by atoms with Crippen LogP contribution in [-0.4, -0.2) is 18.6 Å². The van der Waals surface area contributed by atoms with Gasteiger partial charge in [0.05, 0.1) is 16.6 Å². The van der Waals surface area contributed by atoms with Crippen LogP contribution in [0.4, 0.5) is 5.69 Å². The van der Waals surface area contributed by atoms with Crippen molar-refractivity contribution in [3.05, 3.63) is 69.8 Å². The Hall–Kier alpha value is -2.18. The SMILES string of the molecule is Cc1ccc(B2OCC(C)(C)C(c3ccccc3[N+](=O)[O-])O2)cc1. The molecule has 6 heteroatoms. The van der Waals surface area contributed by atoms with E-state index in [0.717, 1.165) is 11.0 Å². The van der Waals surface area contributed by atoms with Gasteiger partial charge in [0.25, 0.3) is 5.69 Å². The summed E-state index contributed by atoms with van der Waals surface area (Å²) in [5, 5.41) is 11.4. The Labute approximate surface area is 141 Å². The molecule has 2 aromatic carbocycles. The fourth-order valence-electron chi connectivity index (χ4n) is 2.98. The van der Waals surface area contributed by atoms with Crippen LogP contribution in [0.3, 0.4) is 0 Å². The summed E-state index contributed by atoms with van der Waals surface area (Å²) in [6.07, 6.45) is -0.417. The van der Waals surface area contributed by atoms with E-state index in [-0.39, 0.29) is 16.0 Å². The summed E-state index contributed by atoms with van der Waals surface area (Å²) in [5.41, 5.74) is 2.38. The minimum Gasteiger partial charge on any atom is -0.407 e. The first kappa shape index (κ1) is 16.7. The first-order chi connectivity index (χ1) is 11.4. The normalized spacial score (nSPS) is 20.0. The molecule has 0 saturated carbocycles. The fourth-order valence-corrected chi connectivity index (χ4v) is 2.98. The molecule has 0 N–H and O–H groups in total. The number of hydrogen-bond acceptors (Lipinski definition) is 4. The molecule has 5 nitrogen and oxygen atoms in total. The molecule has 0 aromatic heterocycles. The van der Waals surface area contributed by atoms with Crippen LogP contribution >= 0.6 is 0 Å². The van der Waals surface area contributed by atoms with Crippen LogP contribution in [0.5, 0.6) is 0 Å². The molecule has 1 saturated heterocycles. The topological polar surface area (TPSA) is 61.6 Å². The van der Waals surface area contributed by atoms with Gasteiger partial charge in [0.2, 0.25) is 0 Å². The van der Waals surface area contributed by atoms with Gasteiger partial charge >= 0.3 is 7.12 Å². The maximum atomic E-state index is 11.4. The lowest BCUT2D eigenvalue weighted by molar-refractivity contribution is -0.386.